The molecule has 0 aromatic heterocycles. The lowest BCUT2D eigenvalue weighted by molar-refractivity contribution is -0.136. The van der Waals surface area contributed by atoms with Gasteiger partial charge in [0.2, 0.25) is 0 Å². The molecule has 0 fully saturated rings. The van der Waals surface area contributed by atoms with E-state index in [2.05, 4.69) is 5.32 Å². The molecule has 0 aliphatic carbocycles. The van der Waals surface area contributed by atoms with Gasteiger partial charge in [0.15, 0.2) is 0 Å². The van der Waals surface area contributed by atoms with E-state index >= 15 is 0 Å². The van der Waals surface area contributed by atoms with E-state index in [9.17, 15) is 14.0 Å². The van der Waals surface area contributed by atoms with Gasteiger partial charge in [-0.1, -0.05) is 6.92 Å². The third kappa shape index (κ3) is 3.29. The first-order valence-corrected chi connectivity index (χ1v) is 5.73. The molecule has 1 atom stereocenters. The zero-order valence-electron chi connectivity index (χ0n) is 11.0. The van der Waals surface area contributed by atoms with Crippen molar-refractivity contribution >= 4 is 17.6 Å². The number of carboxylic acid groups (broad SMARTS) is 1. The number of benzene rings is 1. The Bertz CT molecular complexity index is 497. The van der Waals surface area contributed by atoms with Gasteiger partial charge in [-0.25, -0.2) is 9.18 Å². The largest absolute Gasteiger partial charge is 0.478 e. The number of aromatic carboxylic acids is 1. The van der Waals surface area contributed by atoms with Crippen LogP contribution in [0.2, 0.25) is 0 Å². The first-order chi connectivity index (χ1) is 8.84. The van der Waals surface area contributed by atoms with Gasteiger partial charge in [0.1, 0.15) is 11.4 Å². The Kier molecular flexibility index (Phi) is 4.61. The molecular weight excluding hydrogens is 253 g/mol. The van der Waals surface area contributed by atoms with E-state index in [0.29, 0.717) is 6.42 Å². The molecule has 0 spiro atoms. The standard InChI is InChI=1S/C13H16FNO4/c1-4-13(2,19-3)12(18)15-10-6-5-8(11(16)17)7-9(10)14/h5-7H,4H2,1-3H3,(H,15,18)(H,16,17). The number of halogens is 1. The molecule has 1 aromatic rings. The predicted octanol–water partition coefficient (Wildman–Crippen LogP) is 2.28. The summed E-state index contributed by atoms with van der Waals surface area (Å²) in [7, 11) is 1.40. The summed E-state index contributed by atoms with van der Waals surface area (Å²) in [5.41, 5.74) is -1.31. The Morgan fingerprint density at radius 3 is 2.53 bits per heavy atom. The fraction of sp³-hybridized carbons (Fsp3) is 0.385. The van der Waals surface area contributed by atoms with Crippen molar-refractivity contribution in [1.29, 1.82) is 0 Å². The number of carbonyl (C=O) groups excluding carboxylic acids is 1. The van der Waals surface area contributed by atoms with Crippen molar-refractivity contribution in [3.63, 3.8) is 0 Å². The molecule has 2 N–H and O–H groups in total. The SMILES string of the molecule is CCC(C)(OC)C(=O)Nc1ccc(C(=O)O)cc1F. The van der Waals surface area contributed by atoms with Gasteiger partial charge in [0, 0.05) is 7.11 Å². The van der Waals surface area contributed by atoms with E-state index in [-0.39, 0.29) is 11.3 Å². The maximum atomic E-state index is 13.6. The minimum Gasteiger partial charge on any atom is -0.478 e. The average molecular weight is 269 g/mol. The number of carbonyl (C=O) groups is 2. The van der Waals surface area contributed by atoms with Crippen LogP contribution in [0.5, 0.6) is 0 Å². The first-order valence-electron chi connectivity index (χ1n) is 5.73. The Morgan fingerprint density at radius 2 is 2.11 bits per heavy atom. The number of hydrogen-bond acceptors (Lipinski definition) is 3. The van der Waals surface area contributed by atoms with Crippen molar-refractivity contribution in [3.8, 4) is 0 Å². The fourth-order valence-corrected chi connectivity index (χ4v) is 1.40. The minimum absolute atomic E-state index is 0.0771. The molecular formula is C13H16FNO4. The van der Waals surface area contributed by atoms with Crippen molar-refractivity contribution in [2.75, 3.05) is 12.4 Å². The highest BCUT2D eigenvalue weighted by atomic mass is 19.1. The maximum absolute atomic E-state index is 13.6. The number of hydrogen-bond donors (Lipinski definition) is 2. The number of carboxylic acids is 1. The fourth-order valence-electron chi connectivity index (χ4n) is 1.40. The van der Waals surface area contributed by atoms with Crippen molar-refractivity contribution in [2.45, 2.75) is 25.9 Å². The highest BCUT2D eigenvalue weighted by Crippen LogP contribution is 2.20. The van der Waals surface area contributed by atoms with Crippen LogP contribution in [0.15, 0.2) is 18.2 Å². The molecule has 104 valence electrons. The Hall–Kier alpha value is -1.95. The van der Waals surface area contributed by atoms with Crippen LogP contribution in [0.3, 0.4) is 0 Å². The molecule has 0 radical (unpaired) electrons. The summed E-state index contributed by atoms with van der Waals surface area (Å²) in [4.78, 5) is 22.6. The van der Waals surface area contributed by atoms with E-state index in [0.717, 1.165) is 6.07 Å². The average Bonchev–Trinajstić information content (AvgIpc) is 2.39. The van der Waals surface area contributed by atoms with Crippen LogP contribution < -0.4 is 5.32 Å². The number of nitrogens with one attached hydrogen (secondary N) is 1. The molecule has 5 nitrogen and oxygen atoms in total. The smallest absolute Gasteiger partial charge is 0.335 e. The van der Waals surface area contributed by atoms with Gasteiger partial charge in [-0.15, -0.1) is 0 Å². The van der Waals surface area contributed by atoms with Crippen LogP contribution in [0.25, 0.3) is 0 Å². The summed E-state index contributed by atoms with van der Waals surface area (Å²) in [6, 6.07) is 3.29. The third-order valence-corrected chi connectivity index (χ3v) is 3.07. The zero-order chi connectivity index (χ0) is 14.6. The summed E-state index contributed by atoms with van der Waals surface area (Å²) in [6.07, 6.45) is 0.421. The second-order valence-electron chi connectivity index (χ2n) is 4.24. The molecule has 0 aliphatic heterocycles. The van der Waals surface area contributed by atoms with E-state index in [1.807, 2.05) is 0 Å². The minimum atomic E-state index is -1.23. The highest BCUT2D eigenvalue weighted by molar-refractivity contribution is 5.97. The van der Waals surface area contributed by atoms with Crippen molar-refractivity contribution in [3.05, 3.63) is 29.6 Å². The van der Waals surface area contributed by atoms with E-state index in [1.165, 1.54) is 19.2 Å². The quantitative estimate of drug-likeness (QED) is 0.859. The van der Waals surface area contributed by atoms with Gasteiger partial charge in [0.05, 0.1) is 11.3 Å². The zero-order valence-corrected chi connectivity index (χ0v) is 11.0. The monoisotopic (exact) mass is 269 g/mol. The van der Waals surface area contributed by atoms with Crippen LogP contribution in [0.1, 0.15) is 30.6 Å². The van der Waals surface area contributed by atoms with Gasteiger partial charge in [0.25, 0.3) is 5.91 Å². The molecule has 0 heterocycles. The number of methoxy groups -OCH3 is 1. The van der Waals surface area contributed by atoms with Crippen molar-refractivity contribution < 1.29 is 23.8 Å². The number of ether oxygens (including phenoxy) is 1. The second-order valence-corrected chi connectivity index (χ2v) is 4.24. The molecule has 1 aromatic carbocycles. The van der Waals surface area contributed by atoms with Crippen LogP contribution in [-0.4, -0.2) is 29.7 Å². The molecule has 1 unspecified atom stereocenters. The molecule has 0 saturated carbocycles. The third-order valence-electron chi connectivity index (χ3n) is 3.07. The molecule has 1 amide bonds. The number of rotatable bonds is 5. The summed E-state index contributed by atoms with van der Waals surface area (Å²) >= 11 is 0. The van der Waals surface area contributed by atoms with Gasteiger partial charge < -0.3 is 15.2 Å². The van der Waals surface area contributed by atoms with Crippen molar-refractivity contribution in [2.24, 2.45) is 0 Å². The Morgan fingerprint density at radius 1 is 1.47 bits per heavy atom. The van der Waals surface area contributed by atoms with Gasteiger partial charge in [-0.2, -0.15) is 0 Å². The van der Waals surface area contributed by atoms with Crippen molar-refractivity contribution in [1.82, 2.24) is 0 Å². The predicted molar refractivity (Wildman–Crippen MR) is 67.7 cm³/mol. The Labute approximate surface area is 110 Å². The maximum Gasteiger partial charge on any atom is 0.335 e. The summed E-state index contributed by atoms with van der Waals surface area (Å²) in [5.74, 6) is -2.52. The van der Waals surface area contributed by atoms with Gasteiger partial charge >= 0.3 is 5.97 Å². The number of amides is 1. The van der Waals surface area contributed by atoms with Crippen LogP contribution in [0, 0.1) is 5.82 Å². The first kappa shape index (κ1) is 15.1. The van der Waals surface area contributed by atoms with Gasteiger partial charge in [-0.3, -0.25) is 4.79 Å². The van der Waals surface area contributed by atoms with Gasteiger partial charge in [-0.05, 0) is 31.5 Å². The molecule has 19 heavy (non-hydrogen) atoms. The van der Waals surface area contributed by atoms with E-state index in [4.69, 9.17) is 9.84 Å². The molecule has 1 rings (SSSR count). The molecule has 0 saturated heterocycles. The highest BCUT2D eigenvalue weighted by Gasteiger charge is 2.31. The summed E-state index contributed by atoms with van der Waals surface area (Å²) < 4.78 is 18.7. The molecule has 0 bridgehead atoms. The van der Waals surface area contributed by atoms with Crippen LogP contribution in [0.4, 0.5) is 10.1 Å². The second kappa shape index (κ2) is 5.79. The Balaban J connectivity index is 2.95. The summed E-state index contributed by atoms with van der Waals surface area (Å²) in [6.45, 7) is 3.36. The molecule has 6 heteroatoms. The van der Waals surface area contributed by atoms with E-state index in [1.54, 1.807) is 13.8 Å². The van der Waals surface area contributed by atoms with Crippen LogP contribution >= 0.6 is 0 Å². The van der Waals surface area contributed by atoms with Crippen LogP contribution in [-0.2, 0) is 9.53 Å². The number of anilines is 1. The lowest BCUT2D eigenvalue weighted by atomic mass is 10.0. The molecule has 0 aliphatic rings. The summed E-state index contributed by atoms with van der Waals surface area (Å²) in [5, 5.41) is 11.1. The van der Waals surface area contributed by atoms with E-state index < -0.39 is 23.3 Å². The topological polar surface area (TPSA) is 75.6 Å². The normalized spacial score (nSPS) is 13.7. The lowest BCUT2D eigenvalue weighted by Crippen LogP contribution is -2.41. The lowest BCUT2D eigenvalue weighted by Gasteiger charge is -2.25.